The summed E-state index contributed by atoms with van der Waals surface area (Å²) in [5.41, 5.74) is 0.479. The summed E-state index contributed by atoms with van der Waals surface area (Å²) in [5, 5.41) is 16.0. The number of ether oxygens (including phenoxy) is 1. The highest BCUT2D eigenvalue weighted by Crippen LogP contribution is 2.39. The van der Waals surface area contributed by atoms with Gasteiger partial charge in [0, 0.05) is 33.3 Å². The summed E-state index contributed by atoms with van der Waals surface area (Å²) < 4.78 is 49.5. The first kappa shape index (κ1) is 26.5. The van der Waals surface area contributed by atoms with Gasteiger partial charge in [0.1, 0.15) is 12.4 Å². The lowest BCUT2D eigenvalue weighted by Crippen LogP contribution is -2.08. The van der Waals surface area contributed by atoms with E-state index in [1.165, 1.54) is 35.9 Å². The maximum Gasteiger partial charge on any atom is 0.417 e. The maximum absolute atomic E-state index is 14.2. The molecule has 0 saturated heterocycles. The molecule has 0 aliphatic carbocycles. The summed E-state index contributed by atoms with van der Waals surface area (Å²) in [6, 6.07) is 17.8. The molecule has 7 nitrogen and oxygen atoms in total. The zero-order valence-corrected chi connectivity index (χ0v) is 21.6. The minimum atomic E-state index is -4.68. The predicted molar refractivity (Wildman–Crippen MR) is 141 cm³/mol. The van der Waals surface area contributed by atoms with Crippen molar-refractivity contribution >= 4 is 39.9 Å². The molecule has 198 valence electrons. The van der Waals surface area contributed by atoms with E-state index in [4.69, 9.17) is 27.9 Å². The number of aryl methyl sites for hydroxylation is 1. The Labute approximate surface area is 229 Å². The molecule has 0 aliphatic rings. The number of halogens is 5. The van der Waals surface area contributed by atoms with Crippen LogP contribution in [0, 0.1) is 17.0 Å². The van der Waals surface area contributed by atoms with E-state index in [1.807, 2.05) is 0 Å². The first-order valence-electron chi connectivity index (χ1n) is 11.4. The lowest BCUT2D eigenvalue weighted by Gasteiger charge is -2.13. The van der Waals surface area contributed by atoms with E-state index in [2.05, 4.69) is 10.1 Å². The van der Waals surface area contributed by atoms with Crippen LogP contribution in [0.4, 0.5) is 18.9 Å². The third-order valence-corrected chi connectivity index (χ3v) is 6.73. The minimum Gasteiger partial charge on any atom is -0.489 e. The number of nitro benzene ring substituents is 1. The molecule has 2 aromatic heterocycles. The number of alkyl halides is 3. The molecular formula is C27H17Cl2F3N4O3. The zero-order valence-electron chi connectivity index (χ0n) is 20.0. The van der Waals surface area contributed by atoms with Crippen LogP contribution in [0.3, 0.4) is 0 Å². The molecule has 5 rings (SSSR count). The molecule has 0 bridgehead atoms. The molecule has 0 atom stereocenters. The van der Waals surface area contributed by atoms with Gasteiger partial charge in [0.2, 0.25) is 0 Å². The van der Waals surface area contributed by atoms with E-state index in [9.17, 15) is 23.3 Å². The first-order valence-corrected chi connectivity index (χ1v) is 12.2. The number of hydrogen-bond acceptors (Lipinski definition) is 5. The zero-order chi connectivity index (χ0) is 27.9. The van der Waals surface area contributed by atoms with Crippen LogP contribution in [0.15, 0.2) is 72.8 Å². The average Bonchev–Trinajstić information content (AvgIpc) is 3.24. The number of aromatic nitrogens is 3. The average molecular weight is 573 g/mol. The number of pyridine rings is 1. The third kappa shape index (κ3) is 5.25. The molecule has 39 heavy (non-hydrogen) atoms. The number of benzene rings is 3. The Morgan fingerprint density at radius 1 is 1.00 bits per heavy atom. The van der Waals surface area contributed by atoms with Crippen LogP contribution in [0.5, 0.6) is 5.75 Å². The topological polar surface area (TPSA) is 83.1 Å². The van der Waals surface area contributed by atoms with Crippen LogP contribution < -0.4 is 4.74 Å². The highest BCUT2D eigenvalue weighted by molar-refractivity contribution is 6.35. The van der Waals surface area contributed by atoms with Crippen LogP contribution in [-0.4, -0.2) is 19.7 Å². The molecule has 12 heteroatoms. The van der Waals surface area contributed by atoms with Gasteiger partial charge in [-0.3, -0.25) is 10.1 Å². The van der Waals surface area contributed by atoms with Crippen LogP contribution in [0.25, 0.3) is 28.0 Å². The summed E-state index contributed by atoms with van der Waals surface area (Å²) in [6.07, 6.45) is -4.68. The largest absolute Gasteiger partial charge is 0.489 e. The molecule has 0 unspecified atom stereocenters. The van der Waals surface area contributed by atoms with Gasteiger partial charge >= 0.3 is 6.18 Å². The molecule has 0 spiro atoms. The van der Waals surface area contributed by atoms with E-state index in [0.717, 1.165) is 6.07 Å². The van der Waals surface area contributed by atoms with E-state index >= 15 is 0 Å². The van der Waals surface area contributed by atoms with Crippen molar-refractivity contribution < 1.29 is 22.8 Å². The number of nitrogens with zero attached hydrogens (tertiary/aromatic N) is 4. The van der Waals surface area contributed by atoms with Crippen molar-refractivity contribution in [2.75, 3.05) is 0 Å². The van der Waals surface area contributed by atoms with Gasteiger partial charge < -0.3 is 4.74 Å². The minimum absolute atomic E-state index is 0.0279. The monoisotopic (exact) mass is 572 g/mol. The SMILES string of the molecule is Cc1nn(-c2ccc([N+](=O)[O-])cc2)c2nc(-c3ccc(OCc4c(Cl)cccc4Cl)cc3)cc(C(F)(F)F)c12. The first-order chi connectivity index (χ1) is 18.5. The fraction of sp³-hybridized carbons (Fsp3) is 0.111. The van der Waals surface area contributed by atoms with Crippen molar-refractivity contribution in [2.24, 2.45) is 0 Å². The number of fused-ring (bicyclic) bond motifs is 1. The Kier molecular flexibility index (Phi) is 6.92. The van der Waals surface area contributed by atoms with Gasteiger partial charge in [-0.1, -0.05) is 29.3 Å². The standard InChI is InChI=1S/C27H17Cl2F3N4O3/c1-15-25-21(27(30,31)32)13-24(33-26(25)35(34-15)17-7-9-18(10-8-17)36(37)38)16-5-11-19(12-6-16)39-14-20-22(28)3-2-4-23(20)29/h2-13H,14H2,1H3. The molecule has 3 aromatic carbocycles. The lowest BCUT2D eigenvalue weighted by atomic mass is 10.0. The number of rotatable bonds is 6. The van der Waals surface area contributed by atoms with Gasteiger partial charge in [-0.25, -0.2) is 9.67 Å². The van der Waals surface area contributed by atoms with Gasteiger partial charge in [0.05, 0.1) is 32.9 Å². The van der Waals surface area contributed by atoms with E-state index in [0.29, 0.717) is 32.6 Å². The maximum atomic E-state index is 14.2. The summed E-state index contributed by atoms with van der Waals surface area (Å²) in [6.45, 7) is 1.56. The van der Waals surface area contributed by atoms with Crippen molar-refractivity contribution in [1.82, 2.24) is 14.8 Å². The Bertz CT molecular complexity index is 1680. The number of hydrogen-bond donors (Lipinski definition) is 0. The fourth-order valence-corrected chi connectivity index (χ4v) is 4.61. The van der Waals surface area contributed by atoms with Gasteiger partial charge in [0.25, 0.3) is 5.69 Å². The molecule has 0 fully saturated rings. The van der Waals surface area contributed by atoms with Crippen molar-refractivity contribution in [3.05, 3.63) is 110 Å². The van der Waals surface area contributed by atoms with E-state index in [-0.39, 0.29) is 34.7 Å². The van der Waals surface area contributed by atoms with Gasteiger partial charge in [-0.2, -0.15) is 18.3 Å². The highest BCUT2D eigenvalue weighted by Gasteiger charge is 2.36. The molecular weight excluding hydrogens is 556 g/mol. The quantitative estimate of drug-likeness (QED) is 0.151. The van der Waals surface area contributed by atoms with Crippen molar-refractivity contribution in [3.63, 3.8) is 0 Å². The van der Waals surface area contributed by atoms with E-state index < -0.39 is 16.7 Å². The van der Waals surface area contributed by atoms with Crippen LogP contribution in [-0.2, 0) is 12.8 Å². The van der Waals surface area contributed by atoms with Gasteiger partial charge in [0.15, 0.2) is 5.65 Å². The smallest absolute Gasteiger partial charge is 0.417 e. The third-order valence-electron chi connectivity index (χ3n) is 6.02. The molecule has 0 radical (unpaired) electrons. The molecule has 0 N–H and O–H groups in total. The Balaban J connectivity index is 1.54. The normalized spacial score (nSPS) is 11.6. The van der Waals surface area contributed by atoms with Gasteiger partial charge in [-0.05, 0) is 61.5 Å². The second-order valence-corrected chi connectivity index (χ2v) is 9.35. The van der Waals surface area contributed by atoms with Crippen molar-refractivity contribution in [2.45, 2.75) is 19.7 Å². The van der Waals surface area contributed by atoms with E-state index in [1.54, 1.807) is 42.5 Å². The lowest BCUT2D eigenvalue weighted by molar-refractivity contribution is -0.384. The van der Waals surface area contributed by atoms with Crippen LogP contribution in [0.2, 0.25) is 10.0 Å². The predicted octanol–water partition coefficient (Wildman–Crippen LogP) is 8.21. The highest BCUT2D eigenvalue weighted by atomic mass is 35.5. The van der Waals surface area contributed by atoms with Crippen molar-refractivity contribution in [3.8, 4) is 22.7 Å². The summed E-state index contributed by atoms with van der Waals surface area (Å²) in [4.78, 5) is 15.0. The molecule has 0 amide bonds. The second kappa shape index (κ2) is 10.2. The van der Waals surface area contributed by atoms with Crippen LogP contribution >= 0.6 is 23.2 Å². The molecule has 0 saturated carbocycles. The Morgan fingerprint density at radius 3 is 2.23 bits per heavy atom. The molecule has 0 aliphatic heterocycles. The fourth-order valence-electron chi connectivity index (χ4n) is 4.10. The summed E-state index contributed by atoms with van der Waals surface area (Å²) in [5.74, 6) is 0.457. The number of nitro groups is 1. The summed E-state index contributed by atoms with van der Waals surface area (Å²) >= 11 is 12.4. The Hall–Kier alpha value is -4.15. The second-order valence-electron chi connectivity index (χ2n) is 8.54. The van der Waals surface area contributed by atoms with Crippen LogP contribution in [0.1, 0.15) is 16.8 Å². The Morgan fingerprint density at radius 2 is 1.64 bits per heavy atom. The number of non-ortho nitro benzene ring substituents is 1. The molecule has 2 heterocycles. The van der Waals surface area contributed by atoms with Gasteiger partial charge in [-0.15, -0.1) is 0 Å². The summed E-state index contributed by atoms with van der Waals surface area (Å²) in [7, 11) is 0. The molecule has 5 aromatic rings. The van der Waals surface area contributed by atoms with Crippen molar-refractivity contribution in [1.29, 1.82) is 0 Å².